The van der Waals surface area contributed by atoms with E-state index in [1.807, 2.05) is 6.07 Å². The zero-order chi connectivity index (χ0) is 15.7. The van der Waals surface area contributed by atoms with Crippen LogP contribution < -0.4 is 4.74 Å². The van der Waals surface area contributed by atoms with E-state index in [0.717, 1.165) is 25.3 Å². The molecule has 0 unspecified atom stereocenters. The first-order chi connectivity index (χ1) is 9.79. The Balaban J connectivity index is 0.000000497. The molecule has 2 fully saturated rings. The first-order valence-electron chi connectivity index (χ1n) is 7.04. The lowest BCUT2D eigenvalue weighted by atomic mass is 9.94. The van der Waals surface area contributed by atoms with E-state index in [4.69, 9.17) is 9.53 Å². The highest BCUT2D eigenvalue weighted by Gasteiger charge is 2.40. The van der Waals surface area contributed by atoms with Gasteiger partial charge in [-0.3, -0.25) is 4.79 Å². The summed E-state index contributed by atoms with van der Waals surface area (Å²) in [6.45, 7) is 3.02. The van der Waals surface area contributed by atoms with Gasteiger partial charge in [0.2, 0.25) is 5.75 Å². The van der Waals surface area contributed by atoms with Crippen molar-refractivity contribution in [2.75, 3.05) is 0 Å². The van der Waals surface area contributed by atoms with Crippen LogP contribution in [-0.2, 0) is 10.2 Å². The van der Waals surface area contributed by atoms with Crippen molar-refractivity contribution in [3.8, 4) is 5.75 Å². The zero-order valence-corrected chi connectivity index (χ0v) is 12.9. The fraction of sp³-hybridized carbons (Fsp3) is 0.562. The average molecular weight is 317 g/mol. The second-order valence-corrected chi connectivity index (χ2v) is 6.26. The molecule has 116 valence electrons. The molecular weight excluding hydrogens is 298 g/mol. The van der Waals surface area contributed by atoms with E-state index < -0.39 is 6.11 Å². The first-order valence-corrected chi connectivity index (χ1v) is 7.48. The molecule has 0 heterocycles. The van der Waals surface area contributed by atoms with Crippen molar-refractivity contribution in [3.63, 3.8) is 0 Å². The van der Waals surface area contributed by atoms with Crippen molar-refractivity contribution >= 4 is 17.3 Å². The topological polar surface area (TPSA) is 26.3 Å². The Bertz CT molecular complexity index is 517. The summed E-state index contributed by atoms with van der Waals surface area (Å²) in [5.41, 5.74) is 2.52. The molecule has 0 radical (unpaired) electrons. The lowest BCUT2D eigenvalue weighted by Crippen LogP contribution is -2.20. The van der Waals surface area contributed by atoms with Gasteiger partial charge >= 0.3 is 6.11 Å². The first kappa shape index (κ1) is 16.2. The smallest absolute Gasteiger partial charge is 0.394 e. The van der Waals surface area contributed by atoms with Gasteiger partial charge < -0.3 is 4.74 Å². The minimum absolute atomic E-state index is 0.222. The van der Waals surface area contributed by atoms with Crippen molar-refractivity contribution < 1.29 is 18.3 Å². The number of carbonyl (C=O) groups excluding carboxylic acids is 1. The molecule has 3 rings (SSSR count). The number of carbonyl (C=O) groups is 1. The van der Waals surface area contributed by atoms with Crippen LogP contribution in [-0.4, -0.2) is 11.9 Å². The summed E-state index contributed by atoms with van der Waals surface area (Å²) >= 11 is 4.32. The molecule has 0 N–H and O–H groups in total. The molecule has 5 heteroatoms. The second kappa shape index (κ2) is 5.91. The third-order valence-corrected chi connectivity index (χ3v) is 4.01. The van der Waals surface area contributed by atoms with Crippen LogP contribution in [0.2, 0.25) is 0 Å². The predicted molar refractivity (Wildman–Crippen MR) is 78.9 cm³/mol. The molecule has 21 heavy (non-hydrogen) atoms. The van der Waals surface area contributed by atoms with E-state index in [-0.39, 0.29) is 11.2 Å². The van der Waals surface area contributed by atoms with Gasteiger partial charge in [-0.25, -0.2) is 0 Å². The van der Waals surface area contributed by atoms with Crippen molar-refractivity contribution in [1.82, 2.24) is 0 Å². The van der Waals surface area contributed by atoms with Crippen LogP contribution in [0.15, 0.2) is 18.2 Å². The number of alkyl halides is 2. The molecule has 2 aliphatic rings. The minimum atomic E-state index is -3.10. The van der Waals surface area contributed by atoms with Crippen LogP contribution in [0.5, 0.6) is 5.75 Å². The Labute approximate surface area is 128 Å². The van der Waals surface area contributed by atoms with E-state index in [1.54, 1.807) is 6.07 Å². The molecule has 0 aliphatic heterocycles. The van der Waals surface area contributed by atoms with Gasteiger partial charge in [-0.05, 0) is 65.8 Å². The monoisotopic (exact) mass is 316 g/mol. The Morgan fingerprint density at radius 3 is 2.38 bits per heavy atom. The van der Waals surface area contributed by atoms with Gasteiger partial charge in [0.1, 0.15) is 5.75 Å². The van der Waals surface area contributed by atoms with E-state index in [2.05, 4.69) is 24.6 Å². The van der Waals surface area contributed by atoms with Crippen molar-refractivity contribution in [3.05, 3.63) is 29.3 Å². The van der Waals surface area contributed by atoms with Gasteiger partial charge in [0.05, 0.1) is 0 Å². The maximum absolute atomic E-state index is 13.0. The highest BCUT2D eigenvalue weighted by Crippen LogP contribution is 2.51. The molecule has 0 bridgehead atoms. The lowest BCUT2D eigenvalue weighted by molar-refractivity contribution is -0.159. The summed E-state index contributed by atoms with van der Waals surface area (Å²) in [7, 11) is 0. The molecule has 2 nitrogen and oxygen atoms in total. The number of ether oxygens (including phenoxy) is 1. The average Bonchev–Trinajstić information content (AvgIpc) is 3.24. The van der Waals surface area contributed by atoms with Gasteiger partial charge in [0.15, 0.2) is 0 Å². The summed E-state index contributed by atoms with van der Waals surface area (Å²) in [4.78, 5) is 8.57. The fourth-order valence-corrected chi connectivity index (χ4v) is 2.40. The van der Waals surface area contributed by atoms with E-state index in [9.17, 15) is 8.78 Å². The number of hydrogen-bond acceptors (Lipinski definition) is 2. The third-order valence-electron chi connectivity index (χ3n) is 4.01. The molecule has 0 atom stereocenters. The van der Waals surface area contributed by atoms with E-state index in [0.29, 0.717) is 11.7 Å². The van der Waals surface area contributed by atoms with Gasteiger partial charge in [0, 0.05) is 6.92 Å². The maximum atomic E-state index is 13.0. The van der Waals surface area contributed by atoms with Gasteiger partial charge in [-0.2, -0.15) is 8.78 Å². The maximum Gasteiger partial charge on any atom is 0.394 e. The summed E-state index contributed by atoms with van der Waals surface area (Å²) in [6.07, 6.45) is 1.47. The lowest BCUT2D eigenvalue weighted by Gasteiger charge is -2.18. The molecule has 1 aromatic carbocycles. The number of halogens is 3. The molecule has 0 saturated heterocycles. The van der Waals surface area contributed by atoms with E-state index in [1.165, 1.54) is 18.4 Å². The summed E-state index contributed by atoms with van der Waals surface area (Å²) < 4.78 is 30.8. The van der Waals surface area contributed by atoms with Crippen LogP contribution >= 0.6 is 11.6 Å². The molecule has 0 aromatic heterocycles. The van der Waals surface area contributed by atoms with Crippen LogP contribution in [0.1, 0.15) is 56.6 Å². The quantitative estimate of drug-likeness (QED) is 0.575. The van der Waals surface area contributed by atoms with Crippen molar-refractivity contribution in [1.29, 1.82) is 0 Å². The van der Waals surface area contributed by atoms with Crippen molar-refractivity contribution in [2.24, 2.45) is 0 Å². The SMILES string of the molecule is CC(F)(F)Oc1ccc(C2(C)CC2)cc1C1CC1.O=CCl. The Morgan fingerprint density at radius 2 is 1.95 bits per heavy atom. The molecule has 0 amide bonds. The van der Waals surface area contributed by atoms with Gasteiger partial charge in [0.25, 0.3) is 0 Å². The normalized spacial score (nSPS) is 19.3. The third kappa shape index (κ3) is 4.40. The minimum Gasteiger partial charge on any atom is -0.432 e. The Kier molecular flexibility index (Phi) is 4.57. The highest BCUT2D eigenvalue weighted by atomic mass is 35.5. The van der Waals surface area contributed by atoms with Crippen molar-refractivity contribution in [2.45, 2.75) is 57.0 Å². The molecule has 1 aromatic rings. The van der Waals surface area contributed by atoms with Crippen LogP contribution in [0.3, 0.4) is 0 Å². The zero-order valence-electron chi connectivity index (χ0n) is 12.2. The molecule has 2 saturated carbocycles. The Hall–Kier alpha value is -1.16. The standard InChI is InChI=1S/C15H18F2O.CHClO/c1-14(7-8-14)11-5-6-13(18-15(2,16)17)12(9-11)10-3-4-10;2-1-3/h5-6,9-10H,3-4,7-8H2,1-2H3;1H. The molecule has 0 spiro atoms. The second-order valence-electron chi connectivity index (χ2n) is 6.09. The number of rotatable bonds is 4. The summed E-state index contributed by atoms with van der Waals surface area (Å²) in [5, 5.41) is 0. The summed E-state index contributed by atoms with van der Waals surface area (Å²) in [6, 6.07) is 5.76. The van der Waals surface area contributed by atoms with Crippen LogP contribution in [0, 0.1) is 0 Å². The van der Waals surface area contributed by atoms with Crippen LogP contribution in [0.4, 0.5) is 8.78 Å². The number of benzene rings is 1. The van der Waals surface area contributed by atoms with Crippen LogP contribution in [0.25, 0.3) is 0 Å². The largest absolute Gasteiger partial charge is 0.432 e. The highest BCUT2D eigenvalue weighted by molar-refractivity contribution is 6.54. The molecular formula is C16H19ClF2O2. The van der Waals surface area contributed by atoms with Gasteiger partial charge in [-0.15, -0.1) is 0 Å². The van der Waals surface area contributed by atoms with Gasteiger partial charge in [-0.1, -0.05) is 19.1 Å². The van der Waals surface area contributed by atoms with E-state index >= 15 is 0 Å². The predicted octanol–water partition coefficient (Wildman–Crippen LogP) is 5.02. The fourth-order valence-electron chi connectivity index (χ4n) is 2.40. The number of hydrogen-bond donors (Lipinski definition) is 0. The Morgan fingerprint density at radius 1 is 1.38 bits per heavy atom. The molecule has 2 aliphatic carbocycles. The summed E-state index contributed by atoms with van der Waals surface area (Å²) in [5.74, 6) is 1.00.